The molecule has 96 valence electrons. The average Bonchev–Trinajstić information content (AvgIpc) is 3.01. The van der Waals surface area contributed by atoms with E-state index in [-0.39, 0.29) is 0 Å². The summed E-state index contributed by atoms with van der Waals surface area (Å²) in [6.45, 7) is 5.05. The maximum absolute atomic E-state index is 5.58. The van der Waals surface area contributed by atoms with Crippen molar-refractivity contribution in [1.82, 2.24) is 10.3 Å². The molecule has 0 spiro atoms. The van der Waals surface area contributed by atoms with Gasteiger partial charge in [0.05, 0.1) is 6.61 Å². The van der Waals surface area contributed by atoms with Gasteiger partial charge in [-0.05, 0) is 62.5 Å². The maximum Gasteiger partial charge on any atom is 0.120 e. The predicted molar refractivity (Wildman–Crippen MR) is 74.1 cm³/mol. The first-order valence-electron chi connectivity index (χ1n) is 6.80. The lowest BCUT2D eigenvalue weighted by Crippen LogP contribution is -2.10. The van der Waals surface area contributed by atoms with Crippen molar-refractivity contribution in [3.63, 3.8) is 0 Å². The quantitative estimate of drug-likeness (QED) is 0.867. The molecule has 1 aromatic carbocycles. The number of aromatic nitrogens is 1. The fourth-order valence-electron chi connectivity index (χ4n) is 2.78. The Morgan fingerprint density at radius 3 is 3.11 bits per heavy atom. The van der Waals surface area contributed by atoms with Gasteiger partial charge in [-0.3, -0.25) is 0 Å². The maximum atomic E-state index is 5.58. The molecule has 3 rings (SSSR count). The van der Waals surface area contributed by atoms with Gasteiger partial charge in [-0.15, -0.1) is 0 Å². The van der Waals surface area contributed by atoms with Crippen LogP contribution in [-0.2, 0) is 6.42 Å². The first-order chi connectivity index (χ1) is 8.86. The molecule has 1 aromatic heterocycles. The second-order valence-corrected chi connectivity index (χ2v) is 5.02. The molecule has 3 nitrogen and oxygen atoms in total. The summed E-state index contributed by atoms with van der Waals surface area (Å²) < 4.78 is 5.58. The molecule has 1 aliphatic rings. The van der Waals surface area contributed by atoms with Gasteiger partial charge in [-0.2, -0.15) is 0 Å². The molecule has 1 unspecified atom stereocenters. The molecule has 1 atom stereocenters. The molecule has 0 amide bonds. The van der Waals surface area contributed by atoms with Crippen molar-refractivity contribution in [3.8, 4) is 5.75 Å². The van der Waals surface area contributed by atoms with Crippen molar-refractivity contribution in [2.45, 2.75) is 19.8 Å². The normalized spacial score (nSPS) is 19.5. The van der Waals surface area contributed by atoms with Crippen LogP contribution in [0.5, 0.6) is 5.75 Å². The third-order valence-corrected chi connectivity index (χ3v) is 3.72. The molecule has 2 aromatic rings. The zero-order valence-corrected chi connectivity index (χ0v) is 10.8. The Bertz CT molecular complexity index is 526. The lowest BCUT2D eigenvalue weighted by molar-refractivity contribution is 0.340. The van der Waals surface area contributed by atoms with Crippen molar-refractivity contribution in [1.29, 1.82) is 0 Å². The van der Waals surface area contributed by atoms with Gasteiger partial charge in [0.2, 0.25) is 0 Å². The average molecular weight is 244 g/mol. The number of fused-ring (bicyclic) bond motifs is 1. The van der Waals surface area contributed by atoms with Crippen LogP contribution in [0.4, 0.5) is 0 Å². The van der Waals surface area contributed by atoms with Gasteiger partial charge >= 0.3 is 0 Å². The number of benzene rings is 1. The Morgan fingerprint density at radius 1 is 1.39 bits per heavy atom. The van der Waals surface area contributed by atoms with Crippen LogP contribution in [0.25, 0.3) is 10.9 Å². The largest absolute Gasteiger partial charge is 0.494 e. The van der Waals surface area contributed by atoms with E-state index in [1.807, 2.05) is 13.0 Å². The molecule has 2 heterocycles. The summed E-state index contributed by atoms with van der Waals surface area (Å²) in [5, 5.41) is 4.74. The first-order valence-corrected chi connectivity index (χ1v) is 6.80. The molecule has 0 saturated carbocycles. The first kappa shape index (κ1) is 11.6. The molecule has 0 radical (unpaired) electrons. The van der Waals surface area contributed by atoms with Crippen LogP contribution in [-0.4, -0.2) is 24.7 Å². The van der Waals surface area contributed by atoms with E-state index >= 15 is 0 Å². The molecule has 3 heteroatoms. The molecule has 18 heavy (non-hydrogen) atoms. The van der Waals surface area contributed by atoms with Crippen LogP contribution >= 0.6 is 0 Å². The van der Waals surface area contributed by atoms with Gasteiger partial charge in [0, 0.05) is 17.1 Å². The minimum absolute atomic E-state index is 0.720. The molecule has 0 bridgehead atoms. The van der Waals surface area contributed by atoms with Crippen LogP contribution in [0.3, 0.4) is 0 Å². The summed E-state index contributed by atoms with van der Waals surface area (Å²) in [5.74, 6) is 1.75. The van der Waals surface area contributed by atoms with Crippen LogP contribution in [0.2, 0.25) is 0 Å². The zero-order chi connectivity index (χ0) is 12.4. The van der Waals surface area contributed by atoms with Gasteiger partial charge < -0.3 is 15.0 Å². The van der Waals surface area contributed by atoms with Crippen molar-refractivity contribution >= 4 is 10.9 Å². The Labute approximate surface area is 108 Å². The van der Waals surface area contributed by atoms with Crippen molar-refractivity contribution in [2.75, 3.05) is 19.7 Å². The number of aromatic amines is 1. The van der Waals surface area contributed by atoms with E-state index in [0.29, 0.717) is 0 Å². The predicted octanol–water partition coefficient (Wildman–Crippen LogP) is 2.72. The van der Waals surface area contributed by atoms with E-state index in [2.05, 4.69) is 28.6 Å². The highest BCUT2D eigenvalue weighted by Crippen LogP contribution is 2.26. The molecule has 0 aliphatic carbocycles. The third kappa shape index (κ3) is 2.23. The summed E-state index contributed by atoms with van der Waals surface area (Å²) in [4.78, 5) is 3.36. The Hall–Kier alpha value is -1.48. The van der Waals surface area contributed by atoms with E-state index in [1.165, 1.54) is 22.9 Å². The smallest absolute Gasteiger partial charge is 0.120 e. The van der Waals surface area contributed by atoms with Crippen molar-refractivity contribution in [2.24, 2.45) is 5.92 Å². The number of hydrogen-bond acceptors (Lipinski definition) is 2. The molecule has 1 fully saturated rings. The Kier molecular flexibility index (Phi) is 3.24. The summed E-state index contributed by atoms with van der Waals surface area (Å²) in [6, 6.07) is 6.30. The van der Waals surface area contributed by atoms with Crippen LogP contribution in [0.1, 0.15) is 18.9 Å². The van der Waals surface area contributed by atoms with Gasteiger partial charge in [0.1, 0.15) is 5.75 Å². The summed E-state index contributed by atoms with van der Waals surface area (Å²) in [6.07, 6.45) is 4.60. The number of H-pyrrole nitrogens is 1. The Balaban J connectivity index is 1.88. The van der Waals surface area contributed by atoms with E-state index < -0.39 is 0 Å². The summed E-state index contributed by atoms with van der Waals surface area (Å²) in [5.41, 5.74) is 2.62. The van der Waals surface area contributed by atoms with E-state index in [1.54, 1.807) is 0 Å². The Morgan fingerprint density at radius 2 is 2.33 bits per heavy atom. The monoisotopic (exact) mass is 244 g/mol. The van der Waals surface area contributed by atoms with Crippen LogP contribution in [0.15, 0.2) is 24.4 Å². The highest BCUT2D eigenvalue weighted by molar-refractivity contribution is 5.84. The summed E-state index contributed by atoms with van der Waals surface area (Å²) in [7, 11) is 0. The minimum Gasteiger partial charge on any atom is -0.494 e. The van der Waals surface area contributed by atoms with E-state index in [0.717, 1.165) is 37.8 Å². The van der Waals surface area contributed by atoms with Gasteiger partial charge in [-0.25, -0.2) is 0 Å². The molecule has 1 aliphatic heterocycles. The SMILES string of the molecule is CCOc1ccc2[nH]cc(CC3CCNC3)c2c1. The second-order valence-electron chi connectivity index (χ2n) is 5.02. The number of ether oxygens (including phenoxy) is 1. The number of rotatable bonds is 4. The fraction of sp³-hybridized carbons (Fsp3) is 0.467. The number of hydrogen-bond donors (Lipinski definition) is 2. The molecule has 1 saturated heterocycles. The van der Waals surface area contributed by atoms with E-state index in [4.69, 9.17) is 4.74 Å². The van der Waals surface area contributed by atoms with E-state index in [9.17, 15) is 0 Å². The van der Waals surface area contributed by atoms with Crippen LogP contribution in [0, 0.1) is 5.92 Å². The van der Waals surface area contributed by atoms with Crippen molar-refractivity contribution in [3.05, 3.63) is 30.0 Å². The fourth-order valence-corrected chi connectivity index (χ4v) is 2.78. The standard InChI is InChI=1S/C15H20N2O/c1-2-18-13-3-4-15-14(8-13)12(10-17-15)7-11-5-6-16-9-11/h3-4,8,10-11,16-17H,2,5-7,9H2,1H3. The highest BCUT2D eigenvalue weighted by Gasteiger charge is 2.16. The molecule has 2 N–H and O–H groups in total. The van der Waals surface area contributed by atoms with Gasteiger partial charge in [-0.1, -0.05) is 0 Å². The van der Waals surface area contributed by atoms with Gasteiger partial charge in [0.25, 0.3) is 0 Å². The minimum atomic E-state index is 0.720. The zero-order valence-electron chi connectivity index (χ0n) is 10.8. The second kappa shape index (κ2) is 5.02. The van der Waals surface area contributed by atoms with Crippen molar-refractivity contribution < 1.29 is 4.74 Å². The van der Waals surface area contributed by atoms with Crippen LogP contribution < -0.4 is 10.1 Å². The number of nitrogens with one attached hydrogen (secondary N) is 2. The molecular weight excluding hydrogens is 224 g/mol. The third-order valence-electron chi connectivity index (χ3n) is 3.72. The molecular formula is C15H20N2O. The summed E-state index contributed by atoms with van der Waals surface area (Å²) >= 11 is 0. The van der Waals surface area contributed by atoms with Gasteiger partial charge in [0.15, 0.2) is 0 Å². The lowest BCUT2D eigenvalue weighted by atomic mass is 9.98. The topological polar surface area (TPSA) is 37.0 Å². The highest BCUT2D eigenvalue weighted by atomic mass is 16.5. The lowest BCUT2D eigenvalue weighted by Gasteiger charge is -2.07.